The predicted molar refractivity (Wildman–Crippen MR) is 132 cm³/mol. The highest BCUT2D eigenvalue weighted by Gasteiger charge is 2.66. The molecule has 1 spiro atoms. The van der Waals surface area contributed by atoms with Gasteiger partial charge in [-0.3, -0.25) is 0 Å². The molecule has 0 heterocycles. The van der Waals surface area contributed by atoms with Crippen molar-refractivity contribution in [2.24, 2.45) is 28.1 Å². The van der Waals surface area contributed by atoms with E-state index in [1.54, 1.807) is 6.08 Å². The quantitative estimate of drug-likeness (QED) is 0.319. The molecule has 0 amide bonds. The maximum atomic E-state index is 12.6. The highest BCUT2D eigenvalue weighted by Crippen LogP contribution is 2.72. The first-order valence-electron chi connectivity index (χ1n) is 12.9. The smallest absolute Gasteiger partial charge is 0.330 e. The van der Waals surface area contributed by atoms with Crippen molar-refractivity contribution in [2.45, 2.75) is 84.2 Å². The summed E-state index contributed by atoms with van der Waals surface area (Å²) in [6.45, 7) is 11.7. The third kappa shape index (κ3) is 3.62. The Morgan fingerprint density at radius 2 is 1.91 bits per heavy atom. The first-order valence-corrected chi connectivity index (χ1v) is 12.9. The van der Waals surface area contributed by atoms with Crippen LogP contribution >= 0.6 is 0 Å². The molecule has 33 heavy (non-hydrogen) atoms. The van der Waals surface area contributed by atoms with Crippen LogP contribution in [0.1, 0.15) is 82.8 Å². The van der Waals surface area contributed by atoms with E-state index in [4.69, 9.17) is 4.74 Å². The lowest BCUT2D eigenvalue weighted by Gasteiger charge is -2.64. The highest BCUT2D eigenvalue weighted by molar-refractivity contribution is 5.87. The van der Waals surface area contributed by atoms with Crippen LogP contribution in [0.2, 0.25) is 0 Å². The van der Waals surface area contributed by atoms with Gasteiger partial charge >= 0.3 is 5.97 Å². The van der Waals surface area contributed by atoms with Gasteiger partial charge in [-0.15, -0.1) is 0 Å². The van der Waals surface area contributed by atoms with Gasteiger partial charge in [-0.1, -0.05) is 51.1 Å². The van der Waals surface area contributed by atoms with E-state index in [-0.39, 0.29) is 22.2 Å². The van der Waals surface area contributed by atoms with Crippen molar-refractivity contribution >= 4 is 12.0 Å². The summed E-state index contributed by atoms with van der Waals surface area (Å²) in [6.07, 6.45) is 13.3. The van der Waals surface area contributed by atoms with Gasteiger partial charge < -0.3 is 9.84 Å². The van der Waals surface area contributed by atoms with Crippen LogP contribution in [0.3, 0.4) is 0 Å². The number of rotatable bonds is 4. The van der Waals surface area contributed by atoms with E-state index in [0.29, 0.717) is 18.4 Å². The number of fused-ring (bicyclic) bond motifs is 3. The summed E-state index contributed by atoms with van der Waals surface area (Å²) in [5, 5.41) is 11.1. The van der Waals surface area contributed by atoms with E-state index in [1.807, 2.05) is 24.3 Å². The third-order valence-corrected chi connectivity index (χ3v) is 10.4. The molecular formula is C30H40O3. The molecular weight excluding hydrogens is 408 g/mol. The molecule has 178 valence electrons. The lowest BCUT2D eigenvalue weighted by Crippen LogP contribution is -2.58. The molecule has 4 aliphatic carbocycles. The van der Waals surface area contributed by atoms with E-state index >= 15 is 0 Å². The molecule has 1 aromatic rings. The molecule has 2 bridgehead atoms. The fourth-order valence-electron chi connectivity index (χ4n) is 8.87. The van der Waals surface area contributed by atoms with Crippen LogP contribution in [-0.2, 0) is 9.53 Å². The third-order valence-electron chi connectivity index (χ3n) is 10.4. The minimum absolute atomic E-state index is 0.0180. The number of hydrogen-bond acceptors (Lipinski definition) is 3. The topological polar surface area (TPSA) is 46.5 Å². The van der Waals surface area contributed by atoms with Crippen molar-refractivity contribution in [3.63, 3.8) is 0 Å². The van der Waals surface area contributed by atoms with Gasteiger partial charge in [0, 0.05) is 11.5 Å². The summed E-state index contributed by atoms with van der Waals surface area (Å²) >= 11 is 0. The van der Waals surface area contributed by atoms with Gasteiger partial charge in [0.05, 0.1) is 12.2 Å². The molecule has 0 saturated heterocycles. The summed E-state index contributed by atoms with van der Waals surface area (Å²) < 4.78 is 5.89. The maximum absolute atomic E-state index is 12.6. The number of aliphatic hydroxyl groups is 1. The van der Waals surface area contributed by atoms with Gasteiger partial charge in [0.25, 0.3) is 0 Å². The molecule has 1 N–H and O–H groups in total. The Morgan fingerprint density at radius 3 is 2.70 bits per heavy atom. The van der Waals surface area contributed by atoms with Gasteiger partial charge in [-0.2, -0.15) is 0 Å². The molecule has 4 aliphatic rings. The van der Waals surface area contributed by atoms with Crippen LogP contribution in [-0.4, -0.2) is 23.3 Å². The van der Waals surface area contributed by atoms with Gasteiger partial charge in [-0.05, 0) is 104 Å². The lowest BCUT2D eigenvalue weighted by molar-refractivity contribution is -0.179. The van der Waals surface area contributed by atoms with Crippen LogP contribution in [0.5, 0.6) is 0 Å². The zero-order chi connectivity index (χ0) is 23.5. The minimum atomic E-state index is -0.614. The molecule has 1 aromatic carbocycles. The molecule has 4 fully saturated rings. The summed E-state index contributed by atoms with van der Waals surface area (Å²) in [5.74, 6) is 0.955. The maximum Gasteiger partial charge on any atom is 0.330 e. The fraction of sp³-hybridized carbons (Fsp3) is 0.633. The highest BCUT2D eigenvalue weighted by atomic mass is 16.5. The molecule has 5 rings (SSSR count). The van der Waals surface area contributed by atoms with Gasteiger partial charge in [0.15, 0.2) is 0 Å². The molecule has 0 aliphatic heterocycles. The second-order valence-electron chi connectivity index (χ2n) is 12.3. The standard InChI is InChI=1S/C30H40O3/c1-21-8-5-6-9-23(21)10-11-26(31)33-20-27(3)14-7-15-28(4)24(27)12-16-29-18-22(2)30(32,19-29)17-13-25(28)29/h5-6,8-11,24-25,32H,2,7,12-20H2,1,3-4H3/b11-10+/t24-,25+,27+,28-,29-,30+/m1/s1. The first-order chi connectivity index (χ1) is 15.6. The minimum Gasteiger partial charge on any atom is -0.462 e. The largest absolute Gasteiger partial charge is 0.462 e. The second-order valence-corrected chi connectivity index (χ2v) is 12.3. The lowest BCUT2D eigenvalue weighted by atomic mass is 9.41. The Morgan fingerprint density at radius 1 is 1.15 bits per heavy atom. The van der Waals surface area contributed by atoms with Crippen LogP contribution in [0, 0.1) is 35.0 Å². The summed E-state index contributed by atoms with van der Waals surface area (Å²) in [6, 6.07) is 8.07. The molecule has 0 unspecified atom stereocenters. The average Bonchev–Trinajstić information content (AvgIpc) is 2.95. The van der Waals surface area contributed by atoms with Crippen molar-refractivity contribution in [1.82, 2.24) is 0 Å². The number of carbonyl (C=O) groups excluding carboxylic acids is 1. The number of benzene rings is 1. The Bertz CT molecular complexity index is 994. The van der Waals surface area contributed by atoms with Gasteiger partial charge in [0.1, 0.15) is 0 Å². The van der Waals surface area contributed by atoms with Crippen LogP contribution < -0.4 is 0 Å². The first kappa shape index (κ1) is 22.9. The second kappa shape index (κ2) is 7.83. The van der Waals surface area contributed by atoms with E-state index < -0.39 is 5.60 Å². The fourth-order valence-corrected chi connectivity index (χ4v) is 8.87. The van der Waals surface area contributed by atoms with Crippen molar-refractivity contribution in [3.05, 3.63) is 53.6 Å². The van der Waals surface area contributed by atoms with E-state index in [1.165, 1.54) is 25.7 Å². The molecule has 6 atom stereocenters. The number of hydrogen-bond donors (Lipinski definition) is 1. The monoisotopic (exact) mass is 448 g/mol. The number of esters is 1. The average molecular weight is 449 g/mol. The Labute approximate surface area is 199 Å². The zero-order valence-electron chi connectivity index (χ0n) is 20.7. The SMILES string of the molecule is C=C1C[C@@]23CC[C@@H]4[C@](C)(COC(=O)/C=C/c5ccccc5C)CCC[C@@]4(C)[C@@H]2CC[C@]1(O)C3. The summed E-state index contributed by atoms with van der Waals surface area (Å²) in [7, 11) is 0. The molecule has 4 saturated carbocycles. The Hall–Kier alpha value is -1.87. The van der Waals surface area contributed by atoms with Crippen molar-refractivity contribution in [2.75, 3.05) is 6.61 Å². The zero-order valence-corrected chi connectivity index (χ0v) is 20.7. The molecule has 0 radical (unpaired) electrons. The van der Waals surface area contributed by atoms with Crippen molar-refractivity contribution < 1.29 is 14.6 Å². The van der Waals surface area contributed by atoms with E-state index in [2.05, 4.69) is 33.4 Å². The van der Waals surface area contributed by atoms with Crippen LogP contribution in [0.15, 0.2) is 42.5 Å². The summed E-state index contributed by atoms with van der Waals surface area (Å²) in [4.78, 5) is 12.6. The molecule has 3 nitrogen and oxygen atoms in total. The van der Waals surface area contributed by atoms with Gasteiger partial charge in [-0.25, -0.2) is 4.79 Å². The number of ether oxygens (including phenoxy) is 1. The van der Waals surface area contributed by atoms with Crippen LogP contribution in [0.25, 0.3) is 6.08 Å². The Kier molecular flexibility index (Phi) is 5.44. The number of carbonyl (C=O) groups is 1. The van der Waals surface area contributed by atoms with Crippen LogP contribution in [0.4, 0.5) is 0 Å². The van der Waals surface area contributed by atoms with Crippen molar-refractivity contribution in [3.8, 4) is 0 Å². The van der Waals surface area contributed by atoms with Crippen molar-refractivity contribution in [1.29, 1.82) is 0 Å². The normalized spacial score (nSPS) is 42.1. The summed E-state index contributed by atoms with van der Waals surface area (Å²) in [5.41, 5.74) is 3.18. The molecule has 0 aromatic heterocycles. The Balaban J connectivity index is 1.31. The van der Waals surface area contributed by atoms with Gasteiger partial charge in [0.2, 0.25) is 0 Å². The molecule has 3 heteroatoms. The van der Waals surface area contributed by atoms with E-state index in [0.717, 1.165) is 48.8 Å². The van der Waals surface area contributed by atoms with E-state index in [9.17, 15) is 9.90 Å². The predicted octanol–water partition coefficient (Wildman–Crippen LogP) is 6.64. The number of aryl methyl sites for hydroxylation is 1.